The molecule has 0 aliphatic heterocycles. The van der Waals surface area contributed by atoms with Crippen molar-refractivity contribution in [3.8, 4) is 22.5 Å². The molecule has 0 fully saturated rings. The van der Waals surface area contributed by atoms with Gasteiger partial charge in [0.1, 0.15) is 0 Å². The van der Waals surface area contributed by atoms with Gasteiger partial charge in [0.25, 0.3) is 0 Å². The van der Waals surface area contributed by atoms with E-state index in [0.717, 1.165) is 5.69 Å². The smallest absolute Gasteiger partial charge is 0.179 e. The highest BCUT2D eigenvalue weighted by Crippen LogP contribution is 2.42. The summed E-state index contributed by atoms with van der Waals surface area (Å²) in [5, 5.41) is 10.4. The Morgan fingerprint density at radius 1 is 0.298 bits per heavy atom. The molecule has 0 amide bonds. The summed E-state index contributed by atoms with van der Waals surface area (Å²) in [7, 11) is -2.75. The second kappa shape index (κ2) is 13.5. The van der Waals surface area contributed by atoms with Crippen LogP contribution in [0.3, 0.4) is 0 Å². The molecular formula is C54H38N2Si. The van der Waals surface area contributed by atoms with Gasteiger partial charge in [-0.2, -0.15) is 0 Å². The van der Waals surface area contributed by atoms with E-state index in [9.17, 15) is 0 Å². The summed E-state index contributed by atoms with van der Waals surface area (Å²) in [5.41, 5.74) is 9.58. The molecule has 11 aromatic rings. The summed E-state index contributed by atoms with van der Waals surface area (Å²) in [6.45, 7) is 0. The van der Waals surface area contributed by atoms with Crippen molar-refractivity contribution in [2.75, 3.05) is 0 Å². The van der Waals surface area contributed by atoms with E-state index in [4.69, 9.17) is 0 Å². The molecular weight excluding hydrogens is 705 g/mol. The second-order valence-electron chi connectivity index (χ2n) is 14.8. The molecule has 0 N–H and O–H groups in total. The van der Waals surface area contributed by atoms with Crippen molar-refractivity contribution in [2.24, 2.45) is 0 Å². The minimum absolute atomic E-state index is 1.16. The maximum atomic E-state index is 2.49. The molecule has 57 heavy (non-hydrogen) atoms. The molecule has 0 radical (unpaired) electrons. The van der Waals surface area contributed by atoms with Crippen LogP contribution in [0.5, 0.6) is 0 Å². The van der Waals surface area contributed by atoms with Crippen LogP contribution in [0.2, 0.25) is 0 Å². The first-order valence-corrected chi connectivity index (χ1v) is 21.7. The van der Waals surface area contributed by atoms with Crippen LogP contribution in [-0.2, 0) is 0 Å². The van der Waals surface area contributed by atoms with Crippen LogP contribution in [0.4, 0.5) is 0 Å². The van der Waals surface area contributed by atoms with Gasteiger partial charge in [0, 0.05) is 27.2 Å². The molecule has 268 valence electrons. The van der Waals surface area contributed by atoms with Gasteiger partial charge in [0.2, 0.25) is 0 Å². The maximum Gasteiger partial charge on any atom is 0.179 e. The average Bonchev–Trinajstić information content (AvgIpc) is 3.82. The molecule has 9 aromatic carbocycles. The van der Waals surface area contributed by atoms with Crippen molar-refractivity contribution < 1.29 is 0 Å². The van der Waals surface area contributed by atoms with Crippen LogP contribution < -0.4 is 20.7 Å². The lowest BCUT2D eigenvalue weighted by Gasteiger charge is -2.34. The van der Waals surface area contributed by atoms with Gasteiger partial charge in [-0.05, 0) is 74.3 Å². The summed E-state index contributed by atoms with van der Waals surface area (Å²) in [5.74, 6) is 0. The van der Waals surface area contributed by atoms with E-state index >= 15 is 0 Å². The van der Waals surface area contributed by atoms with Gasteiger partial charge in [-0.1, -0.05) is 188 Å². The quantitative estimate of drug-likeness (QED) is 0.114. The standard InChI is InChI=1S/C54H38N2Si/c1-5-20-39(21-6-1)45-32-18-35-50-53(45)46-30-13-16-34-49(46)56(50)52-37-19-36-51-54(52)47-31-14-15-33-48(47)55(51)40-22-17-29-44(38-40)57(41-23-7-2-8-24-41,42-25-9-3-10-26-42)43-27-11-4-12-28-43/h1-38H. The third-order valence-electron chi connectivity index (χ3n) is 11.9. The number of benzene rings is 9. The fourth-order valence-electron chi connectivity index (χ4n) is 9.54. The van der Waals surface area contributed by atoms with E-state index < -0.39 is 8.07 Å². The Morgan fingerprint density at radius 2 is 0.737 bits per heavy atom. The van der Waals surface area contributed by atoms with Crippen LogP contribution in [0, 0.1) is 0 Å². The van der Waals surface area contributed by atoms with E-state index in [2.05, 4.69) is 240 Å². The molecule has 0 saturated heterocycles. The first-order valence-electron chi connectivity index (χ1n) is 19.7. The molecule has 0 aliphatic rings. The number of aromatic nitrogens is 2. The lowest BCUT2D eigenvalue weighted by Crippen LogP contribution is -2.74. The summed E-state index contributed by atoms with van der Waals surface area (Å²) in [6.07, 6.45) is 0. The number of rotatable bonds is 7. The minimum atomic E-state index is -2.75. The van der Waals surface area contributed by atoms with E-state index in [1.807, 2.05) is 0 Å². The van der Waals surface area contributed by atoms with Crippen LogP contribution in [0.25, 0.3) is 66.1 Å². The zero-order valence-corrected chi connectivity index (χ0v) is 32.3. The third-order valence-corrected chi connectivity index (χ3v) is 16.6. The first-order chi connectivity index (χ1) is 28.3. The Kier molecular flexibility index (Phi) is 7.87. The highest BCUT2D eigenvalue weighted by atomic mass is 28.3. The fourth-order valence-corrected chi connectivity index (χ4v) is 14.3. The van der Waals surface area contributed by atoms with Crippen molar-refractivity contribution in [3.63, 3.8) is 0 Å². The minimum Gasteiger partial charge on any atom is -0.309 e. The normalized spacial score (nSPS) is 11.9. The van der Waals surface area contributed by atoms with E-state index in [1.54, 1.807) is 0 Å². The number of para-hydroxylation sites is 2. The molecule has 0 spiro atoms. The predicted octanol–water partition coefficient (Wildman–Crippen LogP) is 10.9. The number of hydrogen-bond donors (Lipinski definition) is 0. The SMILES string of the molecule is c1ccc(-c2cccc3c2c2ccccc2n3-c2cccc3c2c2ccccc2n3-c2cccc([Si](c3ccccc3)(c3ccccc3)c3ccccc3)c2)cc1. The second-order valence-corrected chi connectivity index (χ2v) is 18.6. The summed E-state index contributed by atoms with van der Waals surface area (Å²) >= 11 is 0. The van der Waals surface area contributed by atoms with Crippen LogP contribution >= 0.6 is 0 Å². The summed E-state index contributed by atoms with van der Waals surface area (Å²) < 4.78 is 4.98. The Bertz CT molecular complexity index is 3120. The van der Waals surface area contributed by atoms with Crippen molar-refractivity contribution in [1.29, 1.82) is 0 Å². The van der Waals surface area contributed by atoms with Crippen molar-refractivity contribution in [3.05, 3.63) is 231 Å². The maximum absolute atomic E-state index is 2.75. The summed E-state index contributed by atoms with van der Waals surface area (Å²) in [6, 6.07) is 85.1. The molecule has 0 saturated carbocycles. The highest BCUT2D eigenvalue weighted by molar-refractivity contribution is 7.19. The predicted molar refractivity (Wildman–Crippen MR) is 244 cm³/mol. The summed E-state index contributed by atoms with van der Waals surface area (Å²) in [4.78, 5) is 0. The largest absolute Gasteiger partial charge is 0.309 e. The van der Waals surface area contributed by atoms with Crippen LogP contribution in [-0.4, -0.2) is 17.2 Å². The highest BCUT2D eigenvalue weighted by Gasteiger charge is 2.41. The van der Waals surface area contributed by atoms with Gasteiger partial charge in [-0.3, -0.25) is 0 Å². The van der Waals surface area contributed by atoms with Crippen molar-refractivity contribution >= 4 is 72.4 Å². The molecule has 2 heterocycles. The van der Waals surface area contributed by atoms with E-state index in [-0.39, 0.29) is 0 Å². The van der Waals surface area contributed by atoms with Gasteiger partial charge < -0.3 is 9.13 Å². The monoisotopic (exact) mass is 742 g/mol. The Hall–Kier alpha value is -7.20. The molecule has 2 nitrogen and oxygen atoms in total. The van der Waals surface area contributed by atoms with Crippen molar-refractivity contribution in [1.82, 2.24) is 9.13 Å². The fraction of sp³-hybridized carbons (Fsp3) is 0. The first kappa shape index (κ1) is 33.2. The Balaban J connectivity index is 1.20. The topological polar surface area (TPSA) is 9.86 Å². The van der Waals surface area contributed by atoms with E-state index in [0.29, 0.717) is 0 Å². The van der Waals surface area contributed by atoms with Gasteiger partial charge in [0.05, 0.1) is 27.8 Å². The van der Waals surface area contributed by atoms with Gasteiger partial charge in [0.15, 0.2) is 8.07 Å². The molecule has 0 aliphatic carbocycles. The van der Waals surface area contributed by atoms with Crippen molar-refractivity contribution in [2.45, 2.75) is 0 Å². The van der Waals surface area contributed by atoms with E-state index in [1.165, 1.54) is 81.2 Å². The molecule has 0 bridgehead atoms. The number of fused-ring (bicyclic) bond motifs is 6. The van der Waals surface area contributed by atoms with Gasteiger partial charge in [-0.25, -0.2) is 0 Å². The average molecular weight is 743 g/mol. The van der Waals surface area contributed by atoms with Gasteiger partial charge in [-0.15, -0.1) is 0 Å². The van der Waals surface area contributed by atoms with Crippen LogP contribution in [0.15, 0.2) is 231 Å². The zero-order chi connectivity index (χ0) is 37.8. The lowest BCUT2D eigenvalue weighted by molar-refractivity contribution is 1.17. The van der Waals surface area contributed by atoms with Crippen LogP contribution in [0.1, 0.15) is 0 Å². The molecule has 0 atom stereocenters. The zero-order valence-electron chi connectivity index (χ0n) is 31.3. The molecule has 3 heteroatoms. The van der Waals surface area contributed by atoms with Gasteiger partial charge >= 0.3 is 0 Å². The lowest BCUT2D eigenvalue weighted by atomic mass is 9.99. The molecule has 11 rings (SSSR count). The Morgan fingerprint density at radius 3 is 1.35 bits per heavy atom. The Labute approximate surface area is 333 Å². The number of nitrogens with zero attached hydrogens (tertiary/aromatic N) is 2. The molecule has 0 unspecified atom stereocenters. The molecule has 2 aromatic heterocycles. The third kappa shape index (κ3) is 5.10. The number of hydrogen-bond acceptors (Lipinski definition) is 0.